The van der Waals surface area contributed by atoms with Gasteiger partial charge in [0.15, 0.2) is 5.82 Å². The van der Waals surface area contributed by atoms with Crippen molar-refractivity contribution in [3.05, 3.63) is 12.2 Å². The van der Waals surface area contributed by atoms with E-state index in [1.165, 1.54) is 11.0 Å². The van der Waals surface area contributed by atoms with Crippen molar-refractivity contribution >= 4 is 0 Å². The van der Waals surface area contributed by atoms with Crippen molar-refractivity contribution in [3.8, 4) is 0 Å². The molecule has 1 unspecified atom stereocenters. The van der Waals surface area contributed by atoms with Gasteiger partial charge in [0.05, 0.1) is 0 Å². The summed E-state index contributed by atoms with van der Waals surface area (Å²) in [6.45, 7) is 2.31. The molecule has 0 spiro atoms. The van der Waals surface area contributed by atoms with E-state index >= 15 is 0 Å². The lowest BCUT2D eigenvalue weighted by Crippen LogP contribution is -2.31. The van der Waals surface area contributed by atoms with Gasteiger partial charge in [0.25, 0.3) is 5.92 Å². The SMILES string of the molecule is CCn1ncnc1C1(N)CC1(F)F. The minimum atomic E-state index is -2.83. The smallest absolute Gasteiger partial charge is 0.275 e. The second-order valence-corrected chi connectivity index (χ2v) is 3.25. The van der Waals surface area contributed by atoms with E-state index in [0.29, 0.717) is 6.54 Å². The maximum atomic E-state index is 12.9. The van der Waals surface area contributed by atoms with E-state index in [4.69, 9.17) is 5.73 Å². The van der Waals surface area contributed by atoms with Crippen LogP contribution in [0.5, 0.6) is 0 Å². The number of hydrogen-bond donors (Lipinski definition) is 1. The van der Waals surface area contributed by atoms with Crippen LogP contribution in [0.3, 0.4) is 0 Å². The van der Waals surface area contributed by atoms with Crippen LogP contribution in [0.1, 0.15) is 19.2 Å². The van der Waals surface area contributed by atoms with Crippen LogP contribution in [-0.2, 0) is 12.1 Å². The van der Waals surface area contributed by atoms with Gasteiger partial charge in [0.2, 0.25) is 0 Å². The summed E-state index contributed by atoms with van der Waals surface area (Å²) in [5.41, 5.74) is 3.91. The molecule has 2 rings (SSSR count). The first-order valence-corrected chi connectivity index (χ1v) is 4.06. The molecule has 0 amide bonds. The number of nitrogens with zero attached hydrogens (tertiary/aromatic N) is 3. The monoisotopic (exact) mass is 188 g/mol. The zero-order valence-electron chi connectivity index (χ0n) is 7.17. The second kappa shape index (κ2) is 2.25. The van der Waals surface area contributed by atoms with Gasteiger partial charge >= 0.3 is 0 Å². The Morgan fingerprint density at radius 1 is 1.69 bits per heavy atom. The van der Waals surface area contributed by atoms with E-state index < -0.39 is 11.5 Å². The number of alkyl halides is 2. The predicted molar refractivity (Wildman–Crippen MR) is 41.1 cm³/mol. The molecule has 0 saturated heterocycles. The van der Waals surface area contributed by atoms with Crippen LogP contribution >= 0.6 is 0 Å². The third kappa shape index (κ3) is 0.980. The normalized spacial score (nSPS) is 30.5. The first-order chi connectivity index (χ1) is 6.01. The van der Waals surface area contributed by atoms with Crippen LogP contribution in [0, 0.1) is 0 Å². The highest BCUT2D eigenvalue weighted by molar-refractivity contribution is 5.25. The maximum Gasteiger partial charge on any atom is 0.275 e. The fourth-order valence-corrected chi connectivity index (χ4v) is 1.39. The van der Waals surface area contributed by atoms with Crippen molar-refractivity contribution in [2.45, 2.75) is 31.4 Å². The molecular formula is C7H10F2N4. The summed E-state index contributed by atoms with van der Waals surface area (Å²) in [4.78, 5) is 3.76. The maximum absolute atomic E-state index is 12.9. The predicted octanol–water partition coefficient (Wildman–Crippen LogP) is 0.491. The lowest BCUT2D eigenvalue weighted by Gasteiger charge is -2.09. The van der Waals surface area contributed by atoms with E-state index in [1.54, 1.807) is 0 Å². The van der Waals surface area contributed by atoms with Crippen LogP contribution in [0.15, 0.2) is 6.33 Å². The molecule has 1 aliphatic rings. The van der Waals surface area contributed by atoms with E-state index in [1.807, 2.05) is 6.92 Å². The number of hydrogen-bond acceptors (Lipinski definition) is 3. The minimum absolute atomic E-state index is 0.181. The largest absolute Gasteiger partial charge is 0.314 e. The Labute approximate surface area is 73.7 Å². The quantitative estimate of drug-likeness (QED) is 0.734. The number of aromatic nitrogens is 3. The highest BCUT2D eigenvalue weighted by atomic mass is 19.3. The average molecular weight is 188 g/mol. The zero-order valence-corrected chi connectivity index (χ0v) is 7.17. The van der Waals surface area contributed by atoms with Crippen LogP contribution in [0.2, 0.25) is 0 Å². The molecule has 1 aliphatic carbocycles. The topological polar surface area (TPSA) is 56.7 Å². The van der Waals surface area contributed by atoms with Crippen LogP contribution in [-0.4, -0.2) is 20.7 Å². The Morgan fingerprint density at radius 3 is 2.77 bits per heavy atom. The first-order valence-electron chi connectivity index (χ1n) is 4.06. The Bertz CT molecular complexity index is 335. The van der Waals surface area contributed by atoms with Gasteiger partial charge in [-0.05, 0) is 6.92 Å². The molecule has 0 aliphatic heterocycles. The Kier molecular flexibility index (Phi) is 1.48. The molecule has 0 radical (unpaired) electrons. The van der Waals surface area contributed by atoms with Gasteiger partial charge in [-0.3, -0.25) is 0 Å². The number of nitrogens with two attached hydrogens (primary N) is 1. The summed E-state index contributed by atoms with van der Waals surface area (Å²) in [5, 5.41) is 3.80. The molecule has 1 aromatic heterocycles. The lowest BCUT2D eigenvalue weighted by atomic mass is 10.2. The third-order valence-electron chi connectivity index (χ3n) is 2.34. The molecule has 4 nitrogen and oxygen atoms in total. The summed E-state index contributed by atoms with van der Waals surface area (Å²) < 4.78 is 27.1. The summed E-state index contributed by atoms with van der Waals surface area (Å²) in [5.74, 6) is -2.65. The van der Waals surface area contributed by atoms with Crippen molar-refractivity contribution in [2.75, 3.05) is 0 Å². The molecule has 1 aromatic rings. The molecule has 2 N–H and O–H groups in total. The van der Waals surface area contributed by atoms with Crippen LogP contribution < -0.4 is 5.73 Å². The van der Waals surface area contributed by atoms with E-state index in [9.17, 15) is 8.78 Å². The molecule has 72 valence electrons. The van der Waals surface area contributed by atoms with Crippen LogP contribution in [0.25, 0.3) is 0 Å². The minimum Gasteiger partial charge on any atom is -0.314 e. The Morgan fingerprint density at radius 2 is 2.31 bits per heavy atom. The summed E-state index contributed by atoms with van der Waals surface area (Å²) >= 11 is 0. The molecule has 13 heavy (non-hydrogen) atoms. The number of aryl methyl sites for hydroxylation is 1. The van der Waals surface area contributed by atoms with Crippen molar-refractivity contribution < 1.29 is 8.78 Å². The summed E-state index contributed by atoms with van der Waals surface area (Å²) in [6, 6.07) is 0. The van der Waals surface area contributed by atoms with Crippen molar-refractivity contribution in [2.24, 2.45) is 5.73 Å². The summed E-state index contributed by atoms with van der Waals surface area (Å²) in [6.07, 6.45) is 0.917. The van der Waals surface area contributed by atoms with Gasteiger partial charge in [0.1, 0.15) is 11.9 Å². The molecule has 6 heteroatoms. The Hall–Kier alpha value is -1.04. The molecule has 1 heterocycles. The van der Waals surface area contributed by atoms with Gasteiger partial charge in [0, 0.05) is 13.0 Å². The number of rotatable bonds is 2. The number of halogens is 2. The highest BCUT2D eigenvalue weighted by Gasteiger charge is 2.72. The van der Waals surface area contributed by atoms with E-state index in [2.05, 4.69) is 10.1 Å². The first kappa shape index (κ1) is 8.55. The molecule has 1 saturated carbocycles. The third-order valence-corrected chi connectivity index (χ3v) is 2.34. The zero-order chi connectivity index (χ0) is 9.69. The van der Waals surface area contributed by atoms with Gasteiger partial charge < -0.3 is 5.73 Å². The second-order valence-electron chi connectivity index (χ2n) is 3.25. The molecule has 1 atom stereocenters. The molecule has 0 bridgehead atoms. The van der Waals surface area contributed by atoms with Gasteiger partial charge in [-0.25, -0.2) is 18.4 Å². The molecule has 1 fully saturated rings. The van der Waals surface area contributed by atoms with E-state index in [-0.39, 0.29) is 12.2 Å². The van der Waals surface area contributed by atoms with Crippen molar-refractivity contribution in [1.82, 2.24) is 14.8 Å². The average Bonchev–Trinajstić information content (AvgIpc) is 2.53. The van der Waals surface area contributed by atoms with E-state index in [0.717, 1.165) is 0 Å². The fourth-order valence-electron chi connectivity index (χ4n) is 1.39. The Balaban J connectivity index is 2.37. The van der Waals surface area contributed by atoms with Crippen LogP contribution in [0.4, 0.5) is 8.78 Å². The highest BCUT2D eigenvalue weighted by Crippen LogP contribution is 2.56. The van der Waals surface area contributed by atoms with Crippen molar-refractivity contribution in [3.63, 3.8) is 0 Å². The standard InChI is InChI=1S/C7H10F2N4/c1-2-13-5(11-4-12-13)6(10)3-7(6,8)9/h4H,2-3,10H2,1H3. The molecular weight excluding hydrogens is 178 g/mol. The van der Waals surface area contributed by atoms with Gasteiger partial charge in [-0.2, -0.15) is 5.10 Å². The van der Waals surface area contributed by atoms with Gasteiger partial charge in [-0.1, -0.05) is 0 Å². The van der Waals surface area contributed by atoms with Gasteiger partial charge in [-0.15, -0.1) is 0 Å². The fraction of sp³-hybridized carbons (Fsp3) is 0.714. The molecule has 0 aromatic carbocycles. The lowest BCUT2D eigenvalue weighted by molar-refractivity contribution is 0.0857. The summed E-state index contributed by atoms with van der Waals surface area (Å²) in [7, 11) is 0. The van der Waals surface area contributed by atoms with Crippen molar-refractivity contribution in [1.29, 1.82) is 0 Å².